The summed E-state index contributed by atoms with van der Waals surface area (Å²) in [5.41, 5.74) is 2.83. The molecule has 0 bridgehead atoms. The van der Waals surface area contributed by atoms with Crippen molar-refractivity contribution in [2.75, 3.05) is 10.2 Å². The number of nitrogens with zero attached hydrogens (tertiary/aromatic N) is 4. The molecule has 8 nitrogen and oxygen atoms in total. The first kappa shape index (κ1) is 19.2. The van der Waals surface area contributed by atoms with Crippen LogP contribution in [0.4, 0.5) is 11.5 Å². The number of anilines is 2. The van der Waals surface area contributed by atoms with E-state index < -0.39 is 0 Å². The van der Waals surface area contributed by atoms with E-state index in [0.29, 0.717) is 24.1 Å². The molecule has 6 rings (SSSR count). The number of aromatic amines is 1. The molecule has 32 heavy (non-hydrogen) atoms. The number of aromatic nitrogens is 4. The van der Waals surface area contributed by atoms with Crippen molar-refractivity contribution in [3.05, 3.63) is 66.0 Å². The molecule has 2 saturated carbocycles. The number of nitrogens with one attached hydrogen (secondary N) is 3. The number of hydrogen-bond donors (Lipinski definition) is 3. The number of H-pyrrole nitrogens is 1. The second kappa shape index (κ2) is 7.85. The van der Waals surface area contributed by atoms with Crippen molar-refractivity contribution in [1.29, 1.82) is 0 Å². The molecular formula is C24H27N7O. The Bertz CT molecular complexity index is 1170. The Balaban J connectivity index is 1.25. The Hall–Kier alpha value is -3.55. The van der Waals surface area contributed by atoms with Gasteiger partial charge in [-0.25, -0.2) is 4.98 Å². The lowest BCUT2D eigenvalue weighted by Crippen LogP contribution is -2.32. The fourth-order valence-corrected chi connectivity index (χ4v) is 4.64. The van der Waals surface area contributed by atoms with Crippen molar-refractivity contribution in [1.82, 2.24) is 25.1 Å². The van der Waals surface area contributed by atoms with Gasteiger partial charge in [-0.05, 0) is 43.9 Å². The molecule has 164 valence electrons. The van der Waals surface area contributed by atoms with Crippen molar-refractivity contribution >= 4 is 23.2 Å². The summed E-state index contributed by atoms with van der Waals surface area (Å²) in [7, 11) is 0. The van der Waals surface area contributed by atoms with Gasteiger partial charge in [-0.2, -0.15) is 5.10 Å². The molecule has 0 atom stereocenters. The van der Waals surface area contributed by atoms with Crippen LogP contribution in [0.2, 0.25) is 0 Å². The van der Waals surface area contributed by atoms with E-state index in [-0.39, 0.29) is 5.91 Å². The first-order valence-electron chi connectivity index (χ1n) is 11.5. The minimum atomic E-state index is 0.00344. The molecule has 0 spiro atoms. The van der Waals surface area contributed by atoms with Gasteiger partial charge in [0.25, 0.3) is 5.91 Å². The third-order valence-corrected chi connectivity index (χ3v) is 6.57. The smallest absolute Gasteiger partial charge is 0.251 e. The molecule has 8 heteroatoms. The molecule has 1 amide bonds. The van der Waals surface area contributed by atoms with E-state index in [1.54, 1.807) is 6.20 Å². The monoisotopic (exact) mass is 429 g/mol. The topological polar surface area (TPSA) is 90.9 Å². The highest BCUT2D eigenvalue weighted by Gasteiger charge is 2.26. The summed E-state index contributed by atoms with van der Waals surface area (Å²) >= 11 is 0. The first-order valence-corrected chi connectivity index (χ1v) is 11.5. The zero-order valence-electron chi connectivity index (χ0n) is 17.9. The molecule has 3 aromatic rings. The number of amides is 1. The molecule has 0 unspecified atom stereocenters. The Labute approximate surface area is 186 Å². The maximum Gasteiger partial charge on any atom is 0.251 e. The highest BCUT2D eigenvalue weighted by molar-refractivity contribution is 5.95. The van der Waals surface area contributed by atoms with Gasteiger partial charge < -0.3 is 15.5 Å². The zero-order valence-corrected chi connectivity index (χ0v) is 17.9. The second-order valence-electron chi connectivity index (χ2n) is 8.97. The van der Waals surface area contributed by atoms with Gasteiger partial charge in [0, 0.05) is 53.6 Å². The predicted octanol–water partition coefficient (Wildman–Crippen LogP) is 4.04. The predicted molar refractivity (Wildman–Crippen MR) is 123 cm³/mol. The van der Waals surface area contributed by atoms with Gasteiger partial charge in [0.1, 0.15) is 11.6 Å². The van der Waals surface area contributed by atoms with Crippen LogP contribution in [0.1, 0.15) is 66.3 Å². The Kier molecular flexibility index (Phi) is 4.70. The van der Waals surface area contributed by atoms with Crippen LogP contribution >= 0.6 is 0 Å². The van der Waals surface area contributed by atoms with Crippen LogP contribution in [-0.2, 0) is 6.54 Å². The Morgan fingerprint density at radius 1 is 1.12 bits per heavy atom. The van der Waals surface area contributed by atoms with Crippen LogP contribution < -0.4 is 15.5 Å². The van der Waals surface area contributed by atoms with Gasteiger partial charge in [0.15, 0.2) is 5.82 Å². The fraction of sp³-hybridized carbons (Fsp3) is 0.375. The van der Waals surface area contributed by atoms with Crippen LogP contribution in [0.3, 0.4) is 0 Å². The lowest BCUT2D eigenvalue weighted by Gasteiger charge is -2.28. The number of rotatable bonds is 6. The van der Waals surface area contributed by atoms with Crippen molar-refractivity contribution in [2.45, 2.75) is 57.0 Å². The number of imidazole rings is 1. The first-order chi connectivity index (χ1) is 15.7. The maximum atomic E-state index is 12.8. The molecule has 0 radical (unpaired) electrons. The molecule has 3 heterocycles. The molecule has 1 aromatic carbocycles. The van der Waals surface area contributed by atoms with Crippen LogP contribution in [0.15, 0.2) is 48.9 Å². The molecule has 3 aliphatic rings. The summed E-state index contributed by atoms with van der Waals surface area (Å²) in [6.07, 6.45) is 12.8. The zero-order chi connectivity index (χ0) is 21.5. The summed E-state index contributed by atoms with van der Waals surface area (Å²) in [5.74, 6) is 3.22. The van der Waals surface area contributed by atoms with Gasteiger partial charge >= 0.3 is 0 Å². The standard InChI is InChI=1S/C24H27N7O/c32-24(26-18-5-1-2-6-18)17-4-3-7-19(12-17)30-14-22-25-10-11-31(22)23(15-30)27-21-13-20(28-29-21)16-8-9-16/h3-4,7,10-13,15-16,18H,1-2,5-6,8-9,14H2,(H,26,32)(H2,27,28,29). The van der Waals surface area contributed by atoms with E-state index in [4.69, 9.17) is 0 Å². The Morgan fingerprint density at radius 2 is 2.00 bits per heavy atom. The fourth-order valence-electron chi connectivity index (χ4n) is 4.64. The minimum absolute atomic E-state index is 0.00344. The normalized spacial score (nSPS) is 18.4. The quantitative estimate of drug-likeness (QED) is 0.550. The lowest BCUT2D eigenvalue weighted by molar-refractivity contribution is 0.0938. The summed E-state index contributed by atoms with van der Waals surface area (Å²) in [5, 5.41) is 14.2. The summed E-state index contributed by atoms with van der Waals surface area (Å²) in [6.45, 7) is 0.625. The van der Waals surface area contributed by atoms with E-state index in [1.807, 2.05) is 41.2 Å². The van der Waals surface area contributed by atoms with Crippen LogP contribution in [0.25, 0.3) is 5.82 Å². The van der Waals surface area contributed by atoms with E-state index in [2.05, 4.69) is 36.8 Å². The molecule has 3 N–H and O–H groups in total. The largest absolute Gasteiger partial charge is 0.349 e. The molecule has 0 saturated heterocycles. The average Bonchev–Trinajstić information content (AvgIpc) is 3.19. The summed E-state index contributed by atoms with van der Waals surface area (Å²) in [6, 6.07) is 10.2. The third kappa shape index (κ3) is 3.77. The van der Waals surface area contributed by atoms with Gasteiger partial charge in [-0.1, -0.05) is 18.9 Å². The average molecular weight is 430 g/mol. The second-order valence-corrected chi connectivity index (χ2v) is 8.97. The SMILES string of the molecule is O=C(NC1CCCC1)c1cccc(N2C=C(Nc3cc(C4CC4)[nH]n3)n3ccnc3C2)c1. The number of fused-ring (bicyclic) bond motifs is 1. The molecule has 2 aliphatic carbocycles. The number of hydrogen-bond acceptors (Lipinski definition) is 5. The van der Waals surface area contributed by atoms with Crippen molar-refractivity contribution < 1.29 is 4.79 Å². The molecule has 2 aromatic heterocycles. The van der Waals surface area contributed by atoms with Gasteiger partial charge in [-0.15, -0.1) is 0 Å². The van der Waals surface area contributed by atoms with E-state index >= 15 is 0 Å². The van der Waals surface area contributed by atoms with E-state index in [9.17, 15) is 4.79 Å². The van der Waals surface area contributed by atoms with E-state index in [1.165, 1.54) is 31.4 Å². The number of carbonyl (C=O) groups is 1. The summed E-state index contributed by atoms with van der Waals surface area (Å²) in [4.78, 5) is 19.4. The highest BCUT2D eigenvalue weighted by atomic mass is 16.1. The van der Waals surface area contributed by atoms with Crippen molar-refractivity contribution in [2.24, 2.45) is 0 Å². The van der Waals surface area contributed by atoms with E-state index in [0.717, 1.165) is 36.0 Å². The van der Waals surface area contributed by atoms with Crippen LogP contribution in [-0.4, -0.2) is 31.7 Å². The molecule has 1 aliphatic heterocycles. The van der Waals surface area contributed by atoms with Crippen molar-refractivity contribution in [3.63, 3.8) is 0 Å². The maximum absolute atomic E-state index is 12.8. The van der Waals surface area contributed by atoms with Gasteiger partial charge in [0.2, 0.25) is 0 Å². The lowest BCUT2D eigenvalue weighted by atomic mass is 10.1. The Morgan fingerprint density at radius 3 is 2.84 bits per heavy atom. The van der Waals surface area contributed by atoms with Crippen LogP contribution in [0, 0.1) is 0 Å². The van der Waals surface area contributed by atoms with Gasteiger partial charge in [0.05, 0.1) is 6.54 Å². The highest BCUT2D eigenvalue weighted by Crippen LogP contribution is 2.39. The van der Waals surface area contributed by atoms with Gasteiger partial charge in [-0.3, -0.25) is 14.5 Å². The minimum Gasteiger partial charge on any atom is -0.349 e. The molecule has 2 fully saturated rings. The number of carbonyl (C=O) groups excluding carboxylic acids is 1. The summed E-state index contributed by atoms with van der Waals surface area (Å²) < 4.78 is 2.04. The third-order valence-electron chi connectivity index (χ3n) is 6.57. The molecular weight excluding hydrogens is 402 g/mol. The number of benzene rings is 1. The van der Waals surface area contributed by atoms with Crippen molar-refractivity contribution in [3.8, 4) is 0 Å². The van der Waals surface area contributed by atoms with Crippen LogP contribution in [0.5, 0.6) is 0 Å².